The fourth-order valence-corrected chi connectivity index (χ4v) is 4.55. The number of halogens is 1. The van der Waals surface area contributed by atoms with Crippen molar-refractivity contribution in [2.24, 2.45) is 0 Å². The molecule has 5 nitrogen and oxygen atoms in total. The Morgan fingerprint density at radius 1 is 1.09 bits per heavy atom. The van der Waals surface area contributed by atoms with Gasteiger partial charge in [-0.1, -0.05) is 24.3 Å². The minimum Gasteiger partial charge on any atom is -0.320 e. The molecule has 0 aliphatic carbocycles. The molecule has 0 saturated heterocycles. The van der Waals surface area contributed by atoms with Gasteiger partial charge in [0, 0.05) is 6.54 Å². The highest BCUT2D eigenvalue weighted by Gasteiger charge is 2.43. The molecule has 0 unspecified atom stereocenters. The van der Waals surface area contributed by atoms with Crippen molar-refractivity contribution in [3.8, 4) is 0 Å². The first-order valence-electron chi connectivity index (χ1n) is 7.41. The van der Waals surface area contributed by atoms with E-state index in [1.807, 2.05) is 13.1 Å². The fourth-order valence-electron chi connectivity index (χ4n) is 2.74. The van der Waals surface area contributed by atoms with E-state index in [-0.39, 0.29) is 5.69 Å². The maximum absolute atomic E-state index is 14.4. The molecule has 7 heteroatoms. The first kappa shape index (κ1) is 16.1. The van der Waals surface area contributed by atoms with Crippen molar-refractivity contribution in [1.29, 1.82) is 0 Å². The van der Waals surface area contributed by atoms with Crippen LogP contribution in [0.5, 0.6) is 0 Å². The van der Waals surface area contributed by atoms with Gasteiger partial charge in [0.25, 0.3) is 0 Å². The maximum Gasteiger partial charge on any atom is 0.150 e. The SMILES string of the molecule is CNCCCN1c2cccc(F)c2N(c2ccccc2)S1(O)O. The first-order chi connectivity index (χ1) is 11.1. The van der Waals surface area contributed by atoms with E-state index in [4.69, 9.17) is 0 Å². The second-order valence-corrected chi connectivity index (χ2v) is 7.07. The number of fused-ring (bicyclic) bond motifs is 1. The second-order valence-electron chi connectivity index (χ2n) is 5.29. The molecule has 23 heavy (non-hydrogen) atoms. The highest BCUT2D eigenvalue weighted by molar-refractivity contribution is 8.27. The molecule has 0 saturated carbocycles. The number of hydrogen-bond donors (Lipinski definition) is 3. The summed E-state index contributed by atoms with van der Waals surface area (Å²) in [5.41, 5.74) is 1.27. The van der Waals surface area contributed by atoms with Gasteiger partial charge in [-0.25, -0.2) is 8.70 Å². The van der Waals surface area contributed by atoms with Crippen molar-refractivity contribution >= 4 is 28.0 Å². The van der Waals surface area contributed by atoms with Gasteiger partial charge in [-0.05, 0) is 55.2 Å². The second kappa shape index (κ2) is 6.37. The van der Waals surface area contributed by atoms with E-state index in [0.717, 1.165) is 6.54 Å². The zero-order valence-electron chi connectivity index (χ0n) is 12.8. The number of anilines is 3. The van der Waals surface area contributed by atoms with E-state index in [1.54, 1.807) is 36.4 Å². The van der Waals surface area contributed by atoms with Crippen molar-refractivity contribution in [3.05, 3.63) is 54.3 Å². The summed E-state index contributed by atoms with van der Waals surface area (Å²) in [6, 6.07) is 13.5. The van der Waals surface area contributed by atoms with E-state index in [1.165, 1.54) is 14.7 Å². The number of nitrogens with zero attached hydrogens (tertiary/aromatic N) is 2. The molecule has 0 aromatic heterocycles. The number of rotatable bonds is 5. The van der Waals surface area contributed by atoms with Gasteiger partial charge in [-0.15, -0.1) is 0 Å². The van der Waals surface area contributed by atoms with Crippen molar-refractivity contribution in [1.82, 2.24) is 5.32 Å². The van der Waals surface area contributed by atoms with Gasteiger partial charge in [-0.3, -0.25) is 13.4 Å². The Morgan fingerprint density at radius 2 is 1.83 bits per heavy atom. The number of para-hydroxylation sites is 2. The van der Waals surface area contributed by atoms with Gasteiger partial charge in [0.1, 0.15) is 5.69 Å². The molecule has 2 aromatic rings. The molecule has 0 radical (unpaired) electrons. The van der Waals surface area contributed by atoms with Crippen molar-refractivity contribution in [2.45, 2.75) is 6.42 Å². The lowest BCUT2D eigenvalue weighted by Crippen LogP contribution is -2.32. The lowest BCUT2D eigenvalue weighted by atomic mass is 10.2. The van der Waals surface area contributed by atoms with E-state index < -0.39 is 16.8 Å². The Labute approximate surface area is 137 Å². The number of nitrogens with one attached hydrogen (secondary N) is 1. The predicted molar refractivity (Wildman–Crippen MR) is 93.7 cm³/mol. The van der Waals surface area contributed by atoms with Crippen LogP contribution >= 0.6 is 11.0 Å². The molecule has 0 amide bonds. The lowest BCUT2D eigenvalue weighted by Gasteiger charge is -2.43. The van der Waals surface area contributed by atoms with Gasteiger partial charge < -0.3 is 5.32 Å². The molecule has 3 N–H and O–H groups in total. The molecule has 0 fully saturated rings. The van der Waals surface area contributed by atoms with Crippen LogP contribution in [0.1, 0.15) is 6.42 Å². The van der Waals surface area contributed by atoms with Crippen LogP contribution in [-0.2, 0) is 0 Å². The van der Waals surface area contributed by atoms with Crippen LogP contribution in [0.2, 0.25) is 0 Å². The van der Waals surface area contributed by atoms with E-state index >= 15 is 0 Å². The predicted octanol–water partition coefficient (Wildman–Crippen LogP) is 3.97. The van der Waals surface area contributed by atoms with E-state index in [0.29, 0.717) is 24.3 Å². The van der Waals surface area contributed by atoms with Gasteiger partial charge in [0.2, 0.25) is 0 Å². The zero-order valence-corrected chi connectivity index (χ0v) is 13.6. The topological polar surface area (TPSA) is 59.0 Å². The molecule has 0 bridgehead atoms. The Morgan fingerprint density at radius 3 is 2.52 bits per heavy atom. The Kier molecular flexibility index (Phi) is 4.45. The third kappa shape index (κ3) is 2.76. The van der Waals surface area contributed by atoms with E-state index in [9.17, 15) is 13.5 Å². The molecular weight excluding hydrogens is 317 g/mol. The van der Waals surface area contributed by atoms with Gasteiger partial charge in [0.05, 0.1) is 11.4 Å². The average Bonchev–Trinajstić information content (AvgIpc) is 2.77. The quantitative estimate of drug-likeness (QED) is 0.721. The summed E-state index contributed by atoms with van der Waals surface area (Å²) in [6.45, 7) is 1.16. The number of hydrogen-bond acceptors (Lipinski definition) is 5. The van der Waals surface area contributed by atoms with Gasteiger partial charge >= 0.3 is 0 Å². The molecule has 1 aliphatic heterocycles. The van der Waals surface area contributed by atoms with Crippen molar-refractivity contribution in [3.63, 3.8) is 0 Å². The van der Waals surface area contributed by atoms with Crippen molar-refractivity contribution in [2.75, 3.05) is 28.7 Å². The highest BCUT2D eigenvalue weighted by atomic mass is 32.3. The van der Waals surface area contributed by atoms with Crippen LogP contribution in [0.4, 0.5) is 21.5 Å². The van der Waals surface area contributed by atoms with Crippen LogP contribution in [0.15, 0.2) is 48.5 Å². The van der Waals surface area contributed by atoms with Crippen LogP contribution in [0.3, 0.4) is 0 Å². The molecule has 0 atom stereocenters. The summed E-state index contributed by atoms with van der Waals surface area (Å²) in [5.74, 6) is -0.470. The maximum atomic E-state index is 14.4. The average molecular weight is 337 g/mol. The summed E-state index contributed by atoms with van der Waals surface area (Å²) in [4.78, 5) is 0. The smallest absolute Gasteiger partial charge is 0.150 e. The summed E-state index contributed by atoms with van der Waals surface area (Å²) < 4.78 is 38.9. The third-order valence-electron chi connectivity index (χ3n) is 3.76. The normalized spacial score (nSPS) is 17.2. The fraction of sp³-hybridized carbons (Fsp3) is 0.250. The first-order valence-corrected chi connectivity index (χ1v) is 8.88. The molecule has 1 aliphatic rings. The Balaban J connectivity index is 2.07. The lowest BCUT2D eigenvalue weighted by molar-refractivity contribution is 0.483. The minimum absolute atomic E-state index is 0.211. The van der Waals surface area contributed by atoms with Crippen LogP contribution in [0, 0.1) is 5.82 Å². The van der Waals surface area contributed by atoms with Crippen LogP contribution < -0.4 is 13.9 Å². The summed E-state index contributed by atoms with van der Waals surface area (Å²) in [6.07, 6.45) is 0.713. The largest absolute Gasteiger partial charge is 0.320 e. The summed E-state index contributed by atoms with van der Waals surface area (Å²) in [7, 11) is -1.50. The Bertz CT molecular complexity index is 684. The molecule has 124 valence electrons. The third-order valence-corrected chi connectivity index (χ3v) is 5.61. The molecule has 0 spiro atoms. The van der Waals surface area contributed by atoms with Gasteiger partial charge in [-0.2, -0.15) is 0 Å². The standard InChI is InChI=1S/C16H20FN3O2S/c1-18-11-6-12-19-15-10-5-9-14(17)16(15)20(23(19,21)22)13-7-3-2-4-8-13/h2-5,7-10,18,21-22H,6,11-12H2,1H3. The van der Waals surface area contributed by atoms with Crippen molar-refractivity contribution < 1.29 is 13.5 Å². The number of benzene rings is 2. The molecule has 2 aromatic carbocycles. The Hall–Kier alpha value is -1.80. The van der Waals surface area contributed by atoms with E-state index in [2.05, 4.69) is 5.32 Å². The summed E-state index contributed by atoms with van der Waals surface area (Å²) >= 11 is 0. The molecule has 3 rings (SSSR count). The monoisotopic (exact) mass is 337 g/mol. The summed E-state index contributed by atoms with van der Waals surface area (Å²) in [5, 5.41) is 3.03. The van der Waals surface area contributed by atoms with Crippen LogP contribution in [-0.4, -0.2) is 29.2 Å². The van der Waals surface area contributed by atoms with Gasteiger partial charge in [0.15, 0.2) is 5.82 Å². The molecule has 1 heterocycles. The molecular formula is C16H20FN3O2S. The minimum atomic E-state index is -3.34. The highest BCUT2D eigenvalue weighted by Crippen LogP contribution is 2.64. The zero-order chi connectivity index (χ0) is 16.4. The van der Waals surface area contributed by atoms with Crippen LogP contribution in [0.25, 0.3) is 0 Å².